The van der Waals surface area contributed by atoms with E-state index >= 15 is 0 Å². The molecule has 0 aromatic heterocycles. The van der Waals surface area contributed by atoms with Crippen LogP contribution in [0.25, 0.3) is 0 Å². The summed E-state index contributed by atoms with van der Waals surface area (Å²) >= 11 is 0. The Hall–Kier alpha value is -0.930. The zero-order valence-corrected chi connectivity index (χ0v) is 11.3. The number of nitrogens with two attached hydrogens (primary N) is 1. The van der Waals surface area contributed by atoms with Gasteiger partial charge in [0.1, 0.15) is 5.82 Å². The van der Waals surface area contributed by atoms with Crippen molar-refractivity contribution in [3.8, 4) is 0 Å². The van der Waals surface area contributed by atoms with Crippen LogP contribution >= 0.6 is 0 Å². The van der Waals surface area contributed by atoms with Gasteiger partial charge in [0.05, 0.1) is 0 Å². The molecule has 0 aliphatic carbocycles. The third-order valence-corrected chi connectivity index (χ3v) is 4.08. The largest absolute Gasteiger partial charge is 0.330 e. The van der Waals surface area contributed by atoms with Crippen molar-refractivity contribution in [1.29, 1.82) is 0 Å². The molecule has 0 bridgehead atoms. The van der Waals surface area contributed by atoms with E-state index in [0.29, 0.717) is 18.0 Å². The van der Waals surface area contributed by atoms with Gasteiger partial charge in [0.15, 0.2) is 0 Å². The molecular weight excluding hydrogens is 227 g/mol. The van der Waals surface area contributed by atoms with E-state index in [1.165, 1.54) is 12.0 Å². The lowest BCUT2D eigenvalue weighted by atomic mass is 10.0. The molecule has 0 amide bonds. The summed E-state index contributed by atoms with van der Waals surface area (Å²) in [5, 5.41) is 0. The van der Waals surface area contributed by atoms with Crippen molar-refractivity contribution in [1.82, 2.24) is 4.90 Å². The minimum Gasteiger partial charge on any atom is -0.330 e. The fourth-order valence-electron chi connectivity index (χ4n) is 3.12. The Morgan fingerprint density at radius 3 is 2.56 bits per heavy atom. The summed E-state index contributed by atoms with van der Waals surface area (Å²) < 4.78 is 13.0. The van der Waals surface area contributed by atoms with Crippen molar-refractivity contribution < 1.29 is 4.39 Å². The van der Waals surface area contributed by atoms with Crippen molar-refractivity contribution in [2.45, 2.75) is 38.8 Å². The first-order valence-corrected chi connectivity index (χ1v) is 6.87. The predicted molar refractivity (Wildman–Crippen MR) is 72.8 cm³/mol. The molecule has 1 aromatic rings. The number of rotatable bonds is 4. The van der Waals surface area contributed by atoms with Crippen molar-refractivity contribution in [2.24, 2.45) is 11.7 Å². The molecule has 1 aromatic carbocycles. The number of halogens is 1. The zero-order chi connectivity index (χ0) is 13.1. The minimum atomic E-state index is -0.164. The van der Waals surface area contributed by atoms with Gasteiger partial charge in [-0.3, -0.25) is 4.90 Å². The molecule has 100 valence electrons. The van der Waals surface area contributed by atoms with E-state index in [1.807, 2.05) is 12.1 Å². The third kappa shape index (κ3) is 2.73. The average Bonchev–Trinajstić information content (AvgIpc) is 2.74. The smallest absolute Gasteiger partial charge is 0.123 e. The summed E-state index contributed by atoms with van der Waals surface area (Å²) in [6.45, 7) is 6.28. The van der Waals surface area contributed by atoms with Gasteiger partial charge in [-0.15, -0.1) is 0 Å². The Morgan fingerprint density at radius 2 is 2.06 bits per heavy atom. The first-order chi connectivity index (χ1) is 8.65. The van der Waals surface area contributed by atoms with Gasteiger partial charge >= 0.3 is 0 Å². The number of nitrogens with zero attached hydrogens (tertiary/aromatic N) is 1. The van der Waals surface area contributed by atoms with E-state index in [9.17, 15) is 4.39 Å². The monoisotopic (exact) mass is 250 g/mol. The first kappa shape index (κ1) is 13.5. The second kappa shape index (κ2) is 5.81. The molecule has 2 rings (SSSR count). The topological polar surface area (TPSA) is 29.3 Å². The van der Waals surface area contributed by atoms with Crippen LogP contribution in [0.2, 0.25) is 0 Å². The van der Waals surface area contributed by atoms with E-state index in [1.54, 1.807) is 12.1 Å². The maximum absolute atomic E-state index is 13.0. The van der Waals surface area contributed by atoms with Crippen LogP contribution in [0.4, 0.5) is 4.39 Å². The number of hydrogen-bond acceptors (Lipinski definition) is 2. The van der Waals surface area contributed by atoms with E-state index in [0.717, 1.165) is 19.5 Å². The van der Waals surface area contributed by atoms with Crippen LogP contribution in [0.5, 0.6) is 0 Å². The molecule has 3 atom stereocenters. The summed E-state index contributed by atoms with van der Waals surface area (Å²) in [6.07, 6.45) is 2.22. The standard InChI is InChI=1S/C15H23FN2/c1-3-15(13-4-6-14(16)7-5-13)18-10-12(9-17)8-11(18)2/h4-7,11-12,15H,3,8-10,17H2,1-2H3. The second-order valence-electron chi connectivity index (χ2n) is 5.36. The Morgan fingerprint density at radius 1 is 1.39 bits per heavy atom. The fourth-order valence-corrected chi connectivity index (χ4v) is 3.12. The van der Waals surface area contributed by atoms with Gasteiger partial charge < -0.3 is 5.73 Å². The van der Waals surface area contributed by atoms with Crippen molar-refractivity contribution in [3.05, 3.63) is 35.6 Å². The quantitative estimate of drug-likeness (QED) is 0.890. The minimum absolute atomic E-state index is 0.164. The SMILES string of the molecule is CCC(c1ccc(F)cc1)N1CC(CN)CC1C. The summed E-state index contributed by atoms with van der Waals surface area (Å²) in [5.41, 5.74) is 6.99. The van der Waals surface area contributed by atoms with E-state index < -0.39 is 0 Å². The van der Waals surface area contributed by atoms with Crippen LogP contribution in [-0.2, 0) is 0 Å². The van der Waals surface area contributed by atoms with Crippen LogP contribution in [0.15, 0.2) is 24.3 Å². The van der Waals surface area contributed by atoms with Gasteiger partial charge in [-0.1, -0.05) is 19.1 Å². The first-order valence-electron chi connectivity index (χ1n) is 6.87. The van der Waals surface area contributed by atoms with Crippen LogP contribution in [0.1, 0.15) is 38.3 Å². The lowest BCUT2D eigenvalue weighted by Gasteiger charge is -2.31. The normalized spacial score (nSPS) is 26.4. The Kier molecular flexibility index (Phi) is 4.36. The van der Waals surface area contributed by atoms with E-state index in [4.69, 9.17) is 5.73 Å². The molecular formula is C15H23FN2. The molecule has 0 saturated carbocycles. The highest BCUT2D eigenvalue weighted by Gasteiger charge is 2.32. The van der Waals surface area contributed by atoms with Crippen molar-refractivity contribution in [3.63, 3.8) is 0 Å². The maximum Gasteiger partial charge on any atom is 0.123 e. The molecule has 2 N–H and O–H groups in total. The summed E-state index contributed by atoms with van der Waals surface area (Å²) in [5.74, 6) is 0.442. The third-order valence-electron chi connectivity index (χ3n) is 4.08. The molecule has 0 spiro atoms. The summed E-state index contributed by atoms with van der Waals surface area (Å²) in [7, 11) is 0. The van der Waals surface area contributed by atoms with E-state index in [-0.39, 0.29) is 5.82 Å². The van der Waals surface area contributed by atoms with Crippen LogP contribution in [0, 0.1) is 11.7 Å². The van der Waals surface area contributed by atoms with Crippen LogP contribution in [0.3, 0.4) is 0 Å². The molecule has 1 aliphatic heterocycles. The summed E-state index contributed by atoms with van der Waals surface area (Å²) in [4.78, 5) is 2.52. The van der Waals surface area contributed by atoms with E-state index in [2.05, 4.69) is 18.7 Å². The van der Waals surface area contributed by atoms with Gasteiger partial charge in [0.2, 0.25) is 0 Å². The van der Waals surface area contributed by atoms with Gasteiger partial charge in [0.25, 0.3) is 0 Å². The highest BCUT2D eigenvalue weighted by molar-refractivity contribution is 5.20. The summed E-state index contributed by atoms with van der Waals surface area (Å²) in [6, 6.07) is 7.88. The molecule has 3 unspecified atom stereocenters. The molecule has 1 heterocycles. The van der Waals surface area contributed by atoms with Gasteiger partial charge in [-0.2, -0.15) is 0 Å². The lowest BCUT2D eigenvalue weighted by Crippen LogP contribution is -2.32. The maximum atomic E-state index is 13.0. The molecule has 0 radical (unpaired) electrons. The zero-order valence-electron chi connectivity index (χ0n) is 11.3. The van der Waals surface area contributed by atoms with Crippen molar-refractivity contribution in [2.75, 3.05) is 13.1 Å². The molecule has 2 nitrogen and oxygen atoms in total. The fraction of sp³-hybridized carbons (Fsp3) is 0.600. The van der Waals surface area contributed by atoms with Crippen LogP contribution in [-0.4, -0.2) is 24.0 Å². The molecule has 3 heteroatoms. The number of benzene rings is 1. The second-order valence-corrected chi connectivity index (χ2v) is 5.36. The Labute approximate surface area is 109 Å². The van der Waals surface area contributed by atoms with Gasteiger partial charge in [-0.25, -0.2) is 4.39 Å². The average molecular weight is 250 g/mol. The molecule has 1 aliphatic rings. The number of hydrogen-bond donors (Lipinski definition) is 1. The lowest BCUT2D eigenvalue weighted by molar-refractivity contribution is 0.182. The molecule has 18 heavy (non-hydrogen) atoms. The van der Waals surface area contributed by atoms with Crippen LogP contribution < -0.4 is 5.73 Å². The molecule has 1 fully saturated rings. The highest BCUT2D eigenvalue weighted by atomic mass is 19.1. The van der Waals surface area contributed by atoms with Gasteiger partial charge in [0, 0.05) is 18.6 Å². The highest BCUT2D eigenvalue weighted by Crippen LogP contribution is 2.33. The Balaban J connectivity index is 2.16. The number of likely N-dealkylation sites (tertiary alicyclic amines) is 1. The van der Waals surface area contributed by atoms with Crippen molar-refractivity contribution >= 4 is 0 Å². The Bertz CT molecular complexity index is 377. The predicted octanol–water partition coefficient (Wildman–Crippen LogP) is 2.95. The van der Waals surface area contributed by atoms with Gasteiger partial charge in [-0.05, 0) is 49.9 Å². The molecule has 1 saturated heterocycles.